The number of nitrogens with zero attached hydrogens (tertiary/aromatic N) is 3. The Balaban J connectivity index is 1.78. The van der Waals surface area contributed by atoms with E-state index in [-0.39, 0.29) is 11.0 Å². The van der Waals surface area contributed by atoms with Crippen LogP contribution in [0.25, 0.3) is 16.7 Å². The fourth-order valence-corrected chi connectivity index (χ4v) is 3.32. The zero-order valence-electron chi connectivity index (χ0n) is 16.5. The molecule has 1 aromatic heterocycles. The Kier molecular flexibility index (Phi) is 7.17. The van der Waals surface area contributed by atoms with E-state index in [0.29, 0.717) is 28.2 Å². The van der Waals surface area contributed by atoms with Crippen LogP contribution in [0.15, 0.2) is 36.4 Å². The maximum Gasteiger partial charge on any atom is 0.226 e. The van der Waals surface area contributed by atoms with Crippen molar-refractivity contribution in [1.82, 2.24) is 20.3 Å². The highest BCUT2D eigenvalue weighted by atomic mass is 35.5. The van der Waals surface area contributed by atoms with Crippen molar-refractivity contribution in [2.24, 2.45) is 0 Å². The van der Waals surface area contributed by atoms with Gasteiger partial charge in [-0.25, -0.2) is 0 Å². The van der Waals surface area contributed by atoms with E-state index in [9.17, 15) is 4.79 Å². The molecule has 1 amide bonds. The van der Waals surface area contributed by atoms with Gasteiger partial charge in [0.15, 0.2) is 5.11 Å². The van der Waals surface area contributed by atoms with Gasteiger partial charge in [-0.05, 0) is 61.3 Å². The van der Waals surface area contributed by atoms with Gasteiger partial charge in [-0.1, -0.05) is 44.0 Å². The zero-order chi connectivity index (χ0) is 20.8. The number of aryl methyl sites for hydroxylation is 1. The van der Waals surface area contributed by atoms with Crippen LogP contribution >= 0.6 is 23.8 Å². The first kappa shape index (κ1) is 21.2. The fourth-order valence-electron chi connectivity index (χ4n) is 2.90. The van der Waals surface area contributed by atoms with Crippen molar-refractivity contribution in [2.45, 2.75) is 46.0 Å². The molecule has 29 heavy (non-hydrogen) atoms. The summed E-state index contributed by atoms with van der Waals surface area (Å²) in [7, 11) is 0. The summed E-state index contributed by atoms with van der Waals surface area (Å²) in [5.74, 6) is -0.129. The molecular formula is C21H24ClN5OS. The zero-order valence-corrected chi connectivity index (χ0v) is 18.1. The van der Waals surface area contributed by atoms with Crippen LogP contribution in [-0.2, 0) is 11.2 Å². The highest BCUT2D eigenvalue weighted by Crippen LogP contribution is 2.27. The maximum atomic E-state index is 11.7. The number of rotatable bonds is 7. The number of hydrogen-bond donors (Lipinski definition) is 2. The fraction of sp³-hybridized carbons (Fsp3) is 0.333. The second-order valence-electron chi connectivity index (χ2n) is 6.83. The molecule has 0 atom stereocenters. The van der Waals surface area contributed by atoms with Crippen LogP contribution in [-0.4, -0.2) is 26.0 Å². The Hall–Kier alpha value is -2.51. The van der Waals surface area contributed by atoms with Crippen molar-refractivity contribution >= 4 is 51.6 Å². The molecule has 0 radical (unpaired) electrons. The molecule has 0 spiro atoms. The molecular weight excluding hydrogens is 406 g/mol. The highest BCUT2D eigenvalue weighted by molar-refractivity contribution is 7.80. The number of thiocarbonyl (C=S) groups is 1. The summed E-state index contributed by atoms with van der Waals surface area (Å²) in [4.78, 5) is 13.3. The number of benzene rings is 2. The number of halogens is 1. The minimum atomic E-state index is -0.129. The van der Waals surface area contributed by atoms with E-state index in [1.165, 1.54) is 18.4 Å². The molecule has 6 nitrogen and oxygen atoms in total. The van der Waals surface area contributed by atoms with E-state index in [1.54, 1.807) is 16.9 Å². The molecule has 0 fully saturated rings. The molecule has 8 heteroatoms. The summed E-state index contributed by atoms with van der Waals surface area (Å²) < 4.78 is 0. The Morgan fingerprint density at radius 1 is 1.10 bits per heavy atom. The molecule has 3 rings (SSSR count). The molecule has 0 unspecified atom stereocenters. The molecule has 2 N–H and O–H groups in total. The van der Waals surface area contributed by atoms with Crippen molar-refractivity contribution in [2.75, 3.05) is 5.32 Å². The normalized spacial score (nSPS) is 10.9. The lowest BCUT2D eigenvalue weighted by atomic mass is 10.1. The van der Waals surface area contributed by atoms with Crippen LogP contribution in [0.4, 0.5) is 5.69 Å². The van der Waals surface area contributed by atoms with E-state index >= 15 is 0 Å². The first-order valence-corrected chi connectivity index (χ1v) is 10.6. The summed E-state index contributed by atoms with van der Waals surface area (Å²) in [5, 5.41) is 15.3. The molecule has 3 aromatic rings. The molecule has 0 saturated heterocycles. The van der Waals surface area contributed by atoms with Crippen molar-refractivity contribution in [3.05, 3.63) is 47.0 Å². The number of nitrogens with one attached hydrogen (secondary N) is 2. The van der Waals surface area contributed by atoms with Crippen molar-refractivity contribution in [1.29, 1.82) is 0 Å². The van der Waals surface area contributed by atoms with Gasteiger partial charge in [0.1, 0.15) is 11.0 Å². The van der Waals surface area contributed by atoms with Gasteiger partial charge in [-0.3, -0.25) is 4.79 Å². The van der Waals surface area contributed by atoms with Gasteiger partial charge in [0, 0.05) is 6.42 Å². The van der Waals surface area contributed by atoms with E-state index in [4.69, 9.17) is 23.8 Å². The van der Waals surface area contributed by atoms with Gasteiger partial charge in [0.05, 0.1) is 16.4 Å². The van der Waals surface area contributed by atoms with Crippen molar-refractivity contribution < 1.29 is 4.79 Å². The minimum absolute atomic E-state index is 0.129. The summed E-state index contributed by atoms with van der Waals surface area (Å²) >= 11 is 11.5. The summed E-state index contributed by atoms with van der Waals surface area (Å²) in [5.41, 5.74) is 4.11. The third-order valence-electron chi connectivity index (χ3n) is 4.43. The number of hydrogen-bond acceptors (Lipinski definition) is 4. The SMILES string of the molecule is CCCCc1ccc(-n2nc3cc(Cl)c(NC(=S)NC(=O)CCC)cc3n2)cc1. The number of fused-ring (bicyclic) bond motifs is 1. The first-order chi connectivity index (χ1) is 14.0. The van der Waals surface area contributed by atoms with Gasteiger partial charge in [0.2, 0.25) is 5.91 Å². The molecule has 0 aliphatic heterocycles. The van der Waals surface area contributed by atoms with Crippen molar-refractivity contribution in [3.8, 4) is 5.69 Å². The Bertz CT molecular complexity index is 1020. The number of amides is 1. The molecule has 0 saturated carbocycles. The Morgan fingerprint density at radius 3 is 2.45 bits per heavy atom. The average Bonchev–Trinajstić information content (AvgIpc) is 3.09. The van der Waals surface area contributed by atoms with Crippen LogP contribution in [0, 0.1) is 0 Å². The lowest BCUT2D eigenvalue weighted by molar-refractivity contribution is -0.119. The van der Waals surface area contributed by atoms with E-state index < -0.39 is 0 Å². The number of aromatic nitrogens is 3. The first-order valence-electron chi connectivity index (χ1n) is 9.77. The van der Waals surface area contributed by atoms with E-state index in [1.807, 2.05) is 19.1 Å². The smallest absolute Gasteiger partial charge is 0.226 e. The third-order valence-corrected chi connectivity index (χ3v) is 4.95. The average molecular weight is 430 g/mol. The second kappa shape index (κ2) is 9.80. The third kappa shape index (κ3) is 5.52. The van der Waals surface area contributed by atoms with Crippen LogP contribution in [0.3, 0.4) is 0 Å². The molecule has 1 heterocycles. The Labute approximate surface area is 180 Å². The Morgan fingerprint density at radius 2 is 1.79 bits per heavy atom. The quantitative estimate of drug-likeness (QED) is 0.515. The number of unbranched alkanes of at least 4 members (excludes halogenated alkanes) is 1. The summed E-state index contributed by atoms with van der Waals surface area (Å²) in [6.07, 6.45) is 4.60. The number of carbonyl (C=O) groups excluding carboxylic acids is 1. The summed E-state index contributed by atoms with van der Waals surface area (Å²) in [6.45, 7) is 4.12. The lowest BCUT2D eigenvalue weighted by Crippen LogP contribution is -2.33. The second-order valence-corrected chi connectivity index (χ2v) is 7.65. The largest absolute Gasteiger partial charge is 0.331 e. The van der Waals surface area contributed by atoms with Gasteiger partial charge in [-0.15, -0.1) is 10.2 Å². The lowest BCUT2D eigenvalue weighted by Gasteiger charge is -2.10. The minimum Gasteiger partial charge on any atom is -0.331 e. The van der Waals surface area contributed by atoms with Crippen LogP contribution in [0.2, 0.25) is 5.02 Å². The van der Waals surface area contributed by atoms with Gasteiger partial charge >= 0.3 is 0 Å². The van der Waals surface area contributed by atoms with Gasteiger partial charge < -0.3 is 10.6 Å². The van der Waals surface area contributed by atoms with E-state index in [0.717, 1.165) is 18.5 Å². The monoisotopic (exact) mass is 429 g/mol. The topological polar surface area (TPSA) is 71.8 Å². The summed E-state index contributed by atoms with van der Waals surface area (Å²) in [6, 6.07) is 11.8. The van der Waals surface area contributed by atoms with Crippen molar-refractivity contribution in [3.63, 3.8) is 0 Å². The van der Waals surface area contributed by atoms with Gasteiger partial charge in [0.25, 0.3) is 0 Å². The predicted molar refractivity (Wildman–Crippen MR) is 122 cm³/mol. The van der Waals surface area contributed by atoms with E-state index in [2.05, 4.69) is 39.9 Å². The highest BCUT2D eigenvalue weighted by Gasteiger charge is 2.11. The molecule has 0 aliphatic carbocycles. The molecule has 0 bridgehead atoms. The maximum absolute atomic E-state index is 11.7. The van der Waals surface area contributed by atoms with Crippen LogP contribution in [0.5, 0.6) is 0 Å². The molecule has 152 valence electrons. The van der Waals surface area contributed by atoms with Crippen LogP contribution < -0.4 is 10.6 Å². The molecule has 0 aliphatic rings. The predicted octanol–water partition coefficient (Wildman–Crippen LogP) is 5.03. The van der Waals surface area contributed by atoms with Crippen LogP contribution in [0.1, 0.15) is 45.1 Å². The van der Waals surface area contributed by atoms with Gasteiger partial charge in [-0.2, -0.15) is 4.80 Å². The molecule has 2 aromatic carbocycles. The number of anilines is 1. The number of carbonyl (C=O) groups is 1. The standard InChI is InChI=1S/C21H24ClN5OS/c1-3-5-7-14-8-10-15(11-9-14)27-25-18-12-16(22)17(13-19(18)26-27)23-21(29)24-20(28)6-4-2/h8-13H,3-7H2,1-2H3,(H2,23,24,28,29).